The van der Waals surface area contributed by atoms with Crippen molar-refractivity contribution in [1.82, 2.24) is 10.2 Å². The van der Waals surface area contributed by atoms with Crippen LogP contribution in [0.4, 0.5) is 6.01 Å². The SMILES string of the molecule is CC(C)(C)CNc1nnco1. The monoisotopic (exact) mass is 155 g/mol. The molecule has 1 heterocycles. The van der Waals surface area contributed by atoms with Crippen LogP contribution in [-0.4, -0.2) is 16.7 Å². The maximum absolute atomic E-state index is 4.90. The Balaban J connectivity index is 2.35. The van der Waals surface area contributed by atoms with Gasteiger partial charge in [-0.15, -0.1) is 5.10 Å². The van der Waals surface area contributed by atoms with Crippen molar-refractivity contribution in [3.05, 3.63) is 6.39 Å². The smallest absolute Gasteiger partial charge is 0.315 e. The van der Waals surface area contributed by atoms with Crippen LogP contribution in [-0.2, 0) is 0 Å². The molecular formula is C7H13N3O. The Morgan fingerprint density at radius 3 is 2.73 bits per heavy atom. The van der Waals surface area contributed by atoms with Gasteiger partial charge in [0.2, 0.25) is 6.39 Å². The van der Waals surface area contributed by atoms with Crippen molar-refractivity contribution in [2.75, 3.05) is 11.9 Å². The summed E-state index contributed by atoms with van der Waals surface area (Å²) in [6.45, 7) is 7.23. The zero-order valence-corrected chi connectivity index (χ0v) is 7.09. The topological polar surface area (TPSA) is 51.0 Å². The molecule has 1 rings (SSSR count). The fourth-order valence-corrected chi connectivity index (χ4v) is 0.591. The van der Waals surface area contributed by atoms with Crippen molar-refractivity contribution in [3.63, 3.8) is 0 Å². The molecule has 0 spiro atoms. The van der Waals surface area contributed by atoms with Crippen molar-refractivity contribution in [3.8, 4) is 0 Å². The van der Waals surface area contributed by atoms with Crippen molar-refractivity contribution in [2.24, 2.45) is 5.41 Å². The highest BCUT2D eigenvalue weighted by atomic mass is 16.4. The van der Waals surface area contributed by atoms with Crippen LogP contribution >= 0.6 is 0 Å². The van der Waals surface area contributed by atoms with Gasteiger partial charge in [-0.3, -0.25) is 0 Å². The molecule has 0 bridgehead atoms. The first-order valence-corrected chi connectivity index (χ1v) is 3.58. The van der Waals surface area contributed by atoms with E-state index in [1.165, 1.54) is 6.39 Å². The maximum atomic E-state index is 4.90. The van der Waals surface area contributed by atoms with Gasteiger partial charge in [-0.05, 0) is 5.41 Å². The number of rotatable bonds is 2. The molecule has 1 aromatic rings. The maximum Gasteiger partial charge on any atom is 0.315 e. The lowest BCUT2D eigenvalue weighted by atomic mass is 9.97. The molecule has 0 fully saturated rings. The Morgan fingerprint density at radius 2 is 2.27 bits per heavy atom. The Hall–Kier alpha value is -1.06. The van der Waals surface area contributed by atoms with Crippen LogP contribution in [0.15, 0.2) is 10.8 Å². The zero-order chi connectivity index (χ0) is 8.32. The molecule has 0 unspecified atom stereocenters. The molecule has 0 radical (unpaired) electrons. The minimum absolute atomic E-state index is 0.231. The third kappa shape index (κ3) is 3.02. The number of nitrogens with one attached hydrogen (secondary N) is 1. The molecule has 0 amide bonds. The van der Waals surface area contributed by atoms with Crippen LogP contribution in [0.2, 0.25) is 0 Å². The standard InChI is InChI=1S/C7H13N3O/c1-7(2,3)4-8-6-10-9-5-11-6/h5H,4H2,1-3H3,(H,8,10). The van der Waals surface area contributed by atoms with Crippen molar-refractivity contribution in [2.45, 2.75) is 20.8 Å². The second kappa shape index (κ2) is 2.90. The summed E-state index contributed by atoms with van der Waals surface area (Å²) in [6.07, 6.45) is 1.31. The highest BCUT2D eigenvalue weighted by molar-refractivity contribution is 5.15. The fraction of sp³-hybridized carbons (Fsp3) is 0.714. The second-order valence-corrected chi connectivity index (χ2v) is 3.66. The van der Waals surface area contributed by atoms with Crippen LogP contribution in [0.5, 0.6) is 0 Å². The molecule has 4 heteroatoms. The van der Waals surface area contributed by atoms with E-state index in [1.54, 1.807) is 0 Å². The summed E-state index contributed by atoms with van der Waals surface area (Å²) >= 11 is 0. The summed E-state index contributed by atoms with van der Waals surface area (Å²) in [5.41, 5.74) is 0.231. The summed E-state index contributed by atoms with van der Waals surface area (Å²) in [6, 6.07) is 0.486. The normalized spacial score (nSPS) is 11.5. The third-order valence-corrected chi connectivity index (χ3v) is 1.13. The first-order chi connectivity index (χ1) is 5.08. The second-order valence-electron chi connectivity index (χ2n) is 3.66. The van der Waals surface area contributed by atoms with Gasteiger partial charge in [-0.25, -0.2) is 0 Å². The van der Waals surface area contributed by atoms with E-state index in [0.717, 1.165) is 6.54 Å². The van der Waals surface area contributed by atoms with Crippen molar-refractivity contribution in [1.29, 1.82) is 0 Å². The van der Waals surface area contributed by atoms with Gasteiger partial charge in [0.15, 0.2) is 0 Å². The Kier molecular flexibility index (Phi) is 2.12. The number of anilines is 1. The summed E-state index contributed by atoms with van der Waals surface area (Å²) in [5.74, 6) is 0. The average molecular weight is 155 g/mol. The van der Waals surface area contributed by atoms with Gasteiger partial charge in [-0.1, -0.05) is 25.9 Å². The van der Waals surface area contributed by atoms with Crippen molar-refractivity contribution >= 4 is 6.01 Å². The number of nitrogens with zero attached hydrogens (tertiary/aromatic N) is 2. The summed E-state index contributed by atoms with van der Waals surface area (Å²) < 4.78 is 4.90. The van der Waals surface area contributed by atoms with E-state index < -0.39 is 0 Å². The Bertz CT molecular complexity index is 200. The number of hydrogen-bond donors (Lipinski definition) is 1. The molecule has 0 aromatic carbocycles. The molecule has 11 heavy (non-hydrogen) atoms. The first kappa shape index (κ1) is 8.04. The van der Waals surface area contributed by atoms with Gasteiger partial charge < -0.3 is 9.73 Å². The minimum atomic E-state index is 0.231. The molecule has 0 aliphatic rings. The lowest BCUT2D eigenvalue weighted by Gasteiger charge is -2.17. The summed E-state index contributed by atoms with van der Waals surface area (Å²) in [5, 5.41) is 10.3. The van der Waals surface area contributed by atoms with Gasteiger partial charge >= 0.3 is 6.01 Å². The van der Waals surface area contributed by atoms with E-state index >= 15 is 0 Å². The van der Waals surface area contributed by atoms with E-state index in [9.17, 15) is 0 Å². The van der Waals surface area contributed by atoms with Crippen LogP contribution in [0.3, 0.4) is 0 Å². The summed E-state index contributed by atoms with van der Waals surface area (Å²) in [4.78, 5) is 0. The number of hydrogen-bond acceptors (Lipinski definition) is 4. The van der Waals surface area contributed by atoms with Crippen LogP contribution in [0, 0.1) is 5.41 Å². The predicted molar refractivity (Wildman–Crippen MR) is 42.2 cm³/mol. The van der Waals surface area contributed by atoms with Crippen molar-refractivity contribution < 1.29 is 4.42 Å². The van der Waals surface area contributed by atoms with Gasteiger partial charge in [-0.2, -0.15) is 0 Å². The fourth-order valence-electron chi connectivity index (χ4n) is 0.591. The molecule has 0 saturated carbocycles. The third-order valence-electron chi connectivity index (χ3n) is 1.13. The van der Waals surface area contributed by atoms with Crippen LogP contribution in [0.25, 0.3) is 0 Å². The molecule has 0 aliphatic carbocycles. The molecular weight excluding hydrogens is 142 g/mol. The van der Waals surface area contributed by atoms with E-state index in [4.69, 9.17) is 4.42 Å². The molecule has 1 aromatic heterocycles. The Labute approximate surface area is 66.0 Å². The average Bonchev–Trinajstić information content (AvgIpc) is 2.32. The van der Waals surface area contributed by atoms with Gasteiger partial charge in [0.05, 0.1) is 0 Å². The van der Waals surface area contributed by atoms with E-state index in [1.807, 2.05) is 0 Å². The molecule has 0 atom stereocenters. The number of aromatic nitrogens is 2. The summed E-state index contributed by atoms with van der Waals surface area (Å²) in [7, 11) is 0. The Morgan fingerprint density at radius 1 is 1.55 bits per heavy atom. The van der Waals surface area contributed by atoms with E-state index in [0.29, 0.717) is 6.01 Å². The largest absolute Gasteiger partial charge is 0.411 e. The zero-order valence-electron chi connectivity index (χ0n) is 7.09. The van der Waals surface area contributed by atoms with Crippen LogP contribution < -0.4 is 5.32 Å². The lowest BCUT2D eigenvalue weighted by molar-refractivity contribution is 0.434. The van der Waals surface area contributed by atoms with Gasteiger partial charge in [0, 0.05) is 6.54 Å². The quantitative estimate of drug-likeness (QED) is 0.703. The highest BCUT2D eigenvalue weighted by Crippen LogP contribution is 2.13. The van der Waals surface area contributed by atoms with E-state index in [-0.39, 0.29) is 5.41 Å². The van der Waals surface area contributed by atoms with E-state index in [2.05, 4.69) is 36.3 Å². The highest BCUT2D eigenvalue weighted by Gasteiger charge is 2.10. The molecule has 4 nitrogen and oxygen atoms in total. The molecule has 0 saturated heterocycles. The van der Waals surface area contributed by atoms with Gasteiger partial charge in [0.25, 0.3) is 0 Å². The molecule has 0 aliphatic heterocycles. The minimum Gasteiger partial charge on any atom is -0.411 e. The van der Waals surface area contributed by atoms with Crippen LogP contribution in [0.1, 0.15) is 20.8 Å². The molecule has 62 valence electrons. The predicted octanol–water partition coefficient (Wildman–Crippen LogP) is 1.53. The molecule has 1 N–H and O–H groups in total. The lowest BCUT2D eigenvalue weighted by Crippen LogP contribution is -2.19. The van der Waals surface area contributed by atoms with Gasteiger partial charge in [0.1, 0.15) is 0 Å². The first-order valence-electron chi connectivity index (χ1n) is 3.58.